The van der Waals surface area contributed by atoms with Gasteiger partial charge in [0.15, 0.2) is 6.29 Å². The smallest absolute Gasteiger partial charge is 0.199 e. The lowest BCUT2D eigenvalue weighted by molar-refractivity contribution is -0.217. The van der Waals surface area contributed by atoms with Crippen LogP contribution in [0.2, 0.25) is 0 Å². The van der Waals surface area contributed by atoms with Crippen LogP contribution in [0, 0.1) is 17.8 Å². The highest BCUT2D eigenvalue weighted by Gasteiger charge is 2.44. The van der Waals surface area contributed by atoms with Crippen molar-refractivity contribution >= 4 is 0 Å². The second-order valence-electron chi connectivity index (χ2n) is 10.3. The summed E-state index contributed by atoms with van der Waals surface area (Å²) in [6.07, 6.45) is 1.59. The summed E-state index contributed by atoms with van der Waals surface area (Å²) in [4.78, 5) is 0. The molecule has 0 spiro atoms. The van der Waals surface area contributed by atoms with Gasteiger partial charge in [0.2, 0.25) is 0 Å². The molecule has 1 N–H and O–H groups in total. The highest BCUT2D eigenvalue weighted by atomic mass is 16.7. The average Bonchev–Trinajstić information content (AvgIpc) is 2.68. The van der Waals surface area contributed by atoms with E-state index in [0.29, 0.717) is 17.8 Å². The van der Waals surface area contributed by atoms with Gasteiger partial charge >= 0.3 is 0 Å². The Morgan fingerprint density at radius 3 is 1.84 bits per heavy atom. The van der Waals surface area contributed by atoms with E-state index in [1.54, 1.807) is 0 Å². The predicted octanol–water partition coefficient (Wildman–Crippen LogP) is 7.38. The zero-order valence-electron chi connectivity index (χ0n) is 20.8. The molecular formula is C28H43NO2. The molecule has 0 saturated heterocycles. The summed E-state index contributed by atoms with van der Waals surface area (Å²) in [5.41, 5.74) is 0.472. The maximum atomic E-state index is 6.84. The first-order valence-corrected chi connectivity index (χ1v) is 11.8. The van der Waals surface area contributed by atoms with E-state index < -0.39 is 5.72 Å². The molecule has 0 aliphatic carbocycles. The molecule has 0 aliphatic rings. The molecule has 31 heavy (non-hydrogen) atoms. The van der Waals surface area contributed by atoms with E-state index in [1.807, 2.05) is 37.3 Å². The highest BCUT2D eigenvalue weighted by molar-refractivity contribution is 5.23. The van der Waals surface area contributed by atoms with E-state index in [9.17, 15) is 0 Å². The summed E-state index contributed by atoms with van der Waals surface area (Å²) < 4.78 is 13.0. The molecule has 2 aromatic carbocycles. The second-order valence-corrected chi connectivity index (χ2v) is 10.3. The Morgan fingerprint density at radius 1 is 0.774 bits per heavy atom. The standard InChI is InChI=1S/C28H43NO2/c1-21(2)19-23(5)28(20-22(3)4,29-27(7,8)25-15-11-9-12-16-25)31-24(6)30-26-17-13-10-14-18-26/h9-18,21-24,29H,19-20H2,1-8H3. The lowest BCUT2D eigenvalue weighted by atomic mass is 9.81. The largest absolute Gasteiger partial charge is 0.465 e. The fourth-order valence-corrected chi connectivity index (χ4v) is 4.54. The average molecular weight is 426 g/mol. The van der Waals surface area contributed by atoms with Gasteiger partial charge in [-0.2, -0.15) is 0 Å². The first-order valence-electron chi connectivity index (χ1n) is 11.8. The SMILES string of the molecule is CC(C)CC(C)C(CC(C)C)(NC(C)(C)c1ccccc1)OC(C)Oc1ccccc1. The molecule has 2 aromatic rings. The number of hydrogen-bond acceptors (Lipinski definition) is 3. The Labute approximate surface area is 190 Å². The van der Waals surface area contributed by atoms with Crippen molar-refractivity contribution in [2.24, 2.45) is 17.8 Å². The minimum Gasteiger partial charge on any atom is -0.465 e. The zero-order chi connectivity index (χ0) is 23.1. The Kier molecular flexibility index (Phi) is 9.14. The third kappa shape index (κ3) is 7.66. The fraction of sp³-hybridized carbons (Fsp3) is 0.571. The van der Waals surface area contributed by atoms with Gasteiger partial charge in [-0.25, -0.2) is 0 Å². The first-order chi connectivity index (χ1) is 14.5. The Hall–Kier alpha value is -1.84. The third-order valence-electron chi connectivity index (χ3n) is 5.77. The van der Waals surface area contributed by atoms with Crippen LogP contribution < -0.4 is 10.1 Å². The monoisotopic (exact) mass is 425 g/mol. The lowest BCUT2D eigenvalue weighted by Gasteiger charge is -2.48. The van der Waals surface area contributed by atoms with Crippen LogP contribution in [0.4, 0.5) is 0 Å². The zero-order valence-corrected chi connectivity index (χ0v) is 20.8. The Bertz CT molecular complexity index is 757. The molecule has 172 valence electrons. The van der Waals surface area contributed by atoms with Gasteiger partial charge in [0, 0.05) is 5.54 Å². The van der Waals surface area contributed by atoms with Crippen LogP contribution in [0.25, 0.3) is 0 Å². The molecule has 0 bridgehead atoms. The highest BCUT2D eigenvalue weighted by Crippen LogP contribution is 2.37. The maximum absolute atomic E-state index is 6.84. The fourth-order valence-electron chi connectivity index (χ4n) is 4.54. The van der Waals surface area contributed by atoms with E-state index in [-0.39, 0.29) is 11.8 Å². The number of benzene rings is 2. The lowest BCUT2D eigenvalue weighted by Crippen LogP contribution is -2.61. The van der Waals surface area contributed by atoms with Crippen molar-refractivity contribution in [2.75, 3.05) is 0 Å². The molecule has 3 unspecified atom stereocenters. The van der Waals surface area contributed by atoms with Crippen molar-refractivity contribution in [3.05, 3.63) is 66.2 Å². The van der Waals surface area contributed by atoms with Crippen molar-refractivity contribution in [3.63, 3.8) is 0 Å². The third-order valence-corrected chi connectivity index (χ3v) is 5.77. The van der Waals surface area contributed by atoms with Crippen molar-refractivity contribution in [3.8, 4) is 5.75 Å². The molecule has 3 heteroatoms. The Balaban J connectivity index is 2.39. The van der Waals surface area contributed by atoms with Crippen LogP contribution >= 0.6 is 0 Å². The molecular weight excluding hydrogens is 382 g/mol. The van der Waals surface area contributed by atoms with Crippen molar-refractivity contribution < 1.29 is 9.47 Å². The molecule has 0 radical (unpaired) electrons. The molecule has 0 amide bonds. The maximum Gasteiger partial charge on any atom is 0.199 e. The van der Waals surface area contributed by atoms with E-state index in [2.05, 4.69) is 84.1 Å². The number of nitrogens with one attached hydrogen (secondary N) is 1. The summed E-state index contributed by atoms with van der Waals surface area (Å²) in [5, 5.41) is 3.97. The van der Waals surface area contributed by atoms with Gasteiger partial charge in [0.05, 0.1) is 0 Å². The van der Waals surface area contributed by atoms with E-state index in [4.69, 9.17) is 9.47 Å². The van der Waals surface area contributed by atoms with Gasteiger partial charge in [-0.1, -0.05) is 83.1 Å². The van der Waals surface area contributed by atoms with Gasteiger partial charge in [-0.3, -0.25) is 5.32 Å². The number of ether oxygens (including phenoxy) is 2. The molecule has 0 heterocycles. The van der Waals surface area contributed by atoms with Gasteiger partial charge in [0.1, 0.15) is 11.5 Å². The minimum absolute atomic E-state index is 0.256. The summed E-state index contributed by atoms with van der Waals surface area (Å²) in [6.45, 7) is 17.9. The minimum atomic E-state index is -0.522. The number of rotatable bonds is 12. The molecule has 0 aromatic heterocycles. The summed E-state index contributed by atoms with van der Waals surface area (Å²) >= 11 is 0. The molecule has 0 aliphatic heterocycles. The van der Waals surface area contributed by atoms with Gasteiger partial charge in [-0.05, 0) is 69.1 Å². The quantitative estimate of drug-likeness (QED) is 0.360. The normalized spacial score (nSPS) is 16.2. The van der Waals surface area contributed by atoms with Crippen LogP contribution in [0.15, 0.2) is 60.7 Å². The molecule has 3 nitrogen and oxygen atoms in total. The summed E-state index contributed by atoms with van der Waals surface area (Å²) in [5.74, 6) is 2.18. The van der Waals surface area contributed by atoms with Crippen molar-refractivity contribution in [1.29, 1.82) is 0 Å². The van der Waals surface area contributed by atoms with Crippen LogP contribution in [-0.2, 0) is 10.3 Å². The van der Waals surface area contributed by atoms with Crippen molar-refractivity contribution in [1.82, 2.24) is 5.32 Å². The van der Waals surface area contributed by atoms with Crippen LogP contribution in [0.3, 0.4) is 0 Å². The summed E-state index contributed by atoms with van der Waals surface area (Å²) in [7, 11) is 0. The van der Waals surface area contributed by atoms with Gasteiger partial charge < -0.3 is 9.47 Å². The molecule has 0 fully saturated rings. The molecule has 0 saturated carbocycles. The Morgan fingerprint density at radius 2 is 1.32 bits per heavy atom. The predicted molar refractivity (Wildman–Crippen MR) is 131 cm³/mol. The van der Waals surface area contributed by atoms with E-state index in [1.165, 1.54) is 5.56 Å². The van der Waals surface area contributed by atoms with E-state index in [0.717, 1.165) is 18.6 Å². The van der Waals surface area contributed by atoms with Crippen LogP contribution in [0.1, 0.15) is 73.8 Å². The molecule has 3 atom stereocenters. The van der Waals surface area contributed by atoms with Gasteiger partial charge in [-0.15, -0.1) is 0 Å². The number of para-hydroxylation sites is 1. The van der Waals surface area contributed by atoms with E-state index >= 15 is 0 Å². The van der Waals surface area contributed by atoms with Crippen molar-refractivity contribution in [2.45, 2.75) is 85.8 Å². The summed E-state index contributed by atoms with van der Waals surface area (Å²) in [6, 6.07) is 20.6. The number of hydrogen-bond donors (Lipinski definition) is 1. The topological polar surface area (TPSA) is 30.5 Å². The van der Waals surface area contributed by atoms with Gasteiger partial charge in [0.25, 0.3) is 0 Å². The van der Waals surface area contributed by atoms with Crippen LogP contribution in [-0.4, -0.2) is 12.0 Å². The van der Waals surface area contributed by atoms with Crippen LogP contribution in [0.5, 0.6) is 5.75 Å². The molecule has 2 rings (SSSR count). The second kappa shape index (κ2) is 11.2. The first kappa shape index (κ1) is 25.4.